The second-order valence-electron chi connectivity index (χ2n) is 5.37. The lowest BCUT2D eigenvalue weighted by molar-refractivity contribution is -0.111. The van der Waals surface area contributed by atoms with Crippen LogP contribution in [-0.4, -0.2) is 23.2 Å². The first-order chi connectivity index (χ1) is 12.6. The lowest BCUT2D eigenvalue weighted by atomic mass is 10.1. The molecule has 0 bridgehead atoms. The van der Waals surface area contributed by atoms with Crippen LogP contribution in [0.5, 0.6) is 5.75 Å². The Bertz CT molecular complexity index is 923. The van der Waals surface area contributed by atoms with Gasteiger partial charge in [-0.2, -0.15) is 0 Å². The van der Waals surface area contributed by atoms with Gasteiger partial charge in [-0.25, -0.2) is 0 Å². The molecule has 5 nitrogen and oxygen atoms in total. The minimum Gasteiger partial charge on any atom is -0.497 e. The second kappa shape index (κ2) is 8.60. The normalized spacial score (nSPS) is 10.8. The van der Waals surface area contributed by atoms with Gasteiger partial charge < -0.3 is 4.74 Å². The zero-order valence-corrected chi connectivity index (χ0v) is 15.6. The second-order valence-corrected chi connectivity index (χ2v) is 6.84. The molecule has 0 unspecified atom stereocenters. The number of nitrogens with one attached hydrogen (secondary N) is 1. The molecule has 0 atom stereocenters. The summed E-state index contributed by atoms with van der Waals surface area (Å²) in [6.07, 6.45) is 3.73. The van der Waals surface area contributed by atoms with E-state index in [1.165, 1.54) is 17.4 Å². The summed E-state index contributed by atoms with van der Waals surface area (Å²) in [4.78, 5) is 12.0. The topological polar surface area (TPSA) is 64.1 Å². The fraction of sp³-hybridized carbons (Fsp3) is 0.105. The Morgan fingerprint density at radius 2 is 1.96 bits per heavy atom. The Morgan fingerprint density at radius 3 is 2.69 bits per heavy atom. The van der Waals surface area contributed by atoms with Gasteiger partial charge in [0.05, 0.1) is 7.11 Å². The molecular formula is C19H16ClN3O2S. The maximum Gasteiger partial charge on any atom is 0.250 e. The van der Waals surface area contributed by atoms with E-state index < -0.39 is 0 Å². The number of methoxy groups -OCH3 is 1. The van der Waals surface area contributed by atoms with Crippen LogP contribution in [0.4, 0.5) is 5.13 Å². The first-order valence-corrected chi connectivity index (χ1v) is 9.02. The number of ether oxygens (including phenoxy) is 1. The Morgan fingerprint density at radius 1 is 1.19 bits per heavy atom. The van der Waals surface area contributed by atoms with Crippen molar-refractivity contribution in [3.8, 4) is 5.75 Å². The van der Waals surface area contributed by atoms with E-state index in [1.807, 2.05) is 42.5 Å². The van der Waals surface area contributed by atoms with Gasteiger partial charge >= 0.3 is 0 Å². The number of amides is 1. The van der Waals surface area contributed by atoms with Crippen LogP contribution in [-0.2, 0) is 11.2 Å². The Balaban J connectivity index is 1.59. The van der Waals surface area contributed by atoms with Crippen LogP contribution in [0.1, 0.15) is 16.1 Å². The van der Waals surface area contributed by atoms with Crippen molar-refractivity contribution in [2.75, 3.05) is 12.4 Å². The predicted molar refractivity (Wildman–Crippen MR) is 105 cm³/mol. The maximum atomic E-state index is 12.0. The molecule has 1 heterocycles. The van der Waals surface area contributed by atoms with Gasteiger partial charge in [0.1, 0.15) is 10.8 Å². The SMILES string of the molecule is COc1ccc(Cc2nnc(NC(=O)C=Cc3ccccc3Cl)s2)cc1. The first kappa shape index (κ1) is 18.1. The highest BCUT2D eigenvalue weighted by molar-refractivity contribution is 7.15. The molecule has 0 spiro atoms. The van der Waals surface area contributed by atoms with E-state index in [-0.39, 0.29) is 5.91 Å². The number of hydrogen-bond donors (Lipinski definition) is 1. The molecule has 3 aromatic rings. The van der Waals surface area contributed by atoms with Crippen molar-refractivity contribution >= 4 is 40.1 Å². The highest BCUT2D eigenvalue weighted by atomic mass is 35.5. The van der Waals surface area contributed by atoms with Crippen molar-refractivity contribution in [1.82, 2.24) is 10.2 Å². The molecule has 1 aromatic heterocycles. The molecule has 3 rings (SSSR count). The molecule has 1 amide bonds. The predicted octanol–water partition coefficient (Wildman–Crippen LogP) is 4.44. The molecule has 0 saturated heterocycles. The number of aromatic nitrogens is 2. The van der Waals surface area contributed by atoms with E-state index in [1.54, 1.807) is 19.3 Å². The number of halogens is 1. The summed E-state index contributed by atoms with van der Waals surface area (Å²) in [6, 6.07) is 15.1. The fourth-order valence-electron chi connectivity index (χ4n) is 2.22. The summed E-state index contributed by atoms with van der Waals surface area (Å²) in [5.41, 5.74) is 1.88. The molecule has 2 aromatic carbocycles. The van der Waals surface area contributed by atoms with Crippen LogP contribution >= 0.6 is 22.9 Å². The zero-order chi connectivity index (χ0) is 18.4. The molecule has 0 fully saturated rings. The van der Waals surface area contributed by atoms with Crippen LogP contribution < -0.4 is 10.1 Å². The zero-order valence-electron chi connectivity index (χ0n) is 14.0. The number of carbonyl (C=O) groups is 1. The number of benzene rings is 2. The van der Waals surface area contributed by atoms with Crippen molar-refractivity contribution in [3.63, 3.8) is 0 Å². The summed E-state index contributed by atoms with van der Waals surface area (Å²) in [5, 5.41) is 12.7. The molecular weight excluding hydrogens is 370 g/mol. The lowest BCUT2D eigenvalue weighted by Crippen LogP contribution is -2.07. The molecule has 0 saturated carbocycles. The quantitative estimate of drug-likeness (QED) is 0.637. The van der Waals surface area contributed by atoms with E-state index in [0.29, 0.717) is 16.6 Å². The average Bonchev–Trinajstić information content (AvgIpc) is 3.08. The summed E-state index contributed by atoms with van der Waals surface area (Å²) in [7, 11) is 1.63. The van der Waals surface area contributed by atoms with Crippen LogP contribution in [0.2, 0.25) is 5.02 Å². The van der Waals surface area contributed by atoms with Crippen molar-refractivity contribution in [3.05, 3.63) is 75.8 Å². The Hall–Kier alpha value is -2.70. The van der Waals surface area contributed by atoms with Crippen LogP contribution in [0.3, 0.4) is 0 Å². The standard InChI is InChI=1S/C19H16ClN3O2S/c1-25-15-9-6-13(7-10-15)12-18-22-23-19(26-18)21-17(24)11-8-14-4-2-3-5-16(14)20/h2-11H,12H2,1H3,(H,21,23,24). The minimum atomic E-state index is -0.280. The van der Waals surface area contributed by atoms with Crippen molar-refractivity contribution < 1.29 is 9.53 Å². The third kappa shape index (κ3) is 4.91. The molecule has 0 radical (unpaired) electrons. The maximum absolute atomic E-state index is 12.0. The van der Waals surface area contributed by atoms with E-state index in [2.05, 4.69) is 15.5 Å². The number of rotatable bonds is 6. The van der Waals surface area contributed by atoms with E-state index in [9.17, 15) is 4.79 Å². The Labute approximate surface area is 160 Å². The molecule has 7 heteroatoms. The molecule has 1 N–H and O–H groups in total. The number of hydrogen-bond acceptors (Lipinski definition) is 5. The highest BCUT2D eigenvalue weighted by Gasteiger charge is 2.07. The van der Waals surface area contributed by atoms with Gasteiger partial charge in [0.15, 0.2) is 0 Å². The summed E-state index contributed by atoms with van der Waals surface area (Å²) >= 11 is 7.40. The first-order valence-electron chi connectivity index (χ1n) is 7.83. The van der Waals surface area contributed by atoms with Gasteiger partial charge in [0.2, 0.25) is 11.0 Å². The highest BCUT2D eigenvalue weighted by Crippen LogP contribution is 2.20. The Kier molecular flexibility index (Phi) is 5.99. The van der Waals surface area contributed by atoms with Crippen molar-refractivity contribution in [1.29, 1.82) is 0 Å². The smallest absolute Gasteiger partial charge is 0.250 e. The molecule has 0 aliphatic heterocycles. The molecule has 0 aliphatic rings. The summed E-state index contributed by atoms with van der Waals surface area (Å²) in [6.45, 7) is 0. The number of carbonyl (C=O) groups excluding carboxylic acids is 1. The van der Waals surface area contributed by atoms with Crippen LogP contribution in [0, 0.1) is 0 Å². The van der Waals surface area contributed by atoms with Crippen LogP contribution in [0.25, 0.3) is 6.08 Å². The van der Waals surface area contributed by atoms with Crippen molar-refractivity contribution in [2.24, 2.45) is 0 Å². The number of anilines is 1. The lowest BCUT2D eigenvalue weighted by Gasteiger charge is -2.00. The van der Waals surface area contributed by atoms with E-state index >= 15 is 0 Å². The summed E-state index contributed by atoms with van der Waals surface area (Å²) in [5.74, 6) is 0.529. The third-order valence-electron chi connectivity index (χ3n) is 3.53. The van der Waals surface area contributed by atoms with Gasteiger partial charge in [-0.05, 0) is 35.4 Å². The summed E-state index contributed by atoms with van der Waals surface area (Å²) < 4.78 is 5.14. The van der Waals surface area contributed by atoms with E-state index in [0.717, 1.165) is 21.9 Å². The molecule has 132 valence electrons. The molecule has 26 heavy (non-hydrogen) atoms. The van der Waals surface area contributed by atoms with Gasteiger partial charge in [0, 0.05) is 17.5 Å². The van der Waals surface area contributed by atoms with Gasteiger partial charge in [-0.3, -0.25) is 10.1 Å². The third-order valence-corrected chi connectivity index (χ3v) is 4.71. The van der Waals surface area contributed by atoms with Gasteiger partial charge in [-0.1, -0.05) is 53.3 Å². The van der Waals surface area contributed by atoms with Crippen molar-refractivity contribution in [2.45, 2.75) is 6.42 Å². The van der Waals surface area contributed by atoms with Gasteiger partial charge in [-0.15, -0.1) is 10.2 Å². The number of nitrogens with zero attached hydrogens (tertiary/aromatic N) is 2. The average molecular weight is 386 g/mol. The largest absolute Gasteiger partial charge is 0.497 e. The fourth-order valence-corrected chi connectivity index (χ4v) is 3.19. The van der Waals surface area contributed by atoms with Gasteiger partial charge in [0.25, 0.3) is 0 Å². The van der Waals surface area contributed by atoms with Crippen LogP contribution in [0.15, 0.2) is 54.6 Å². The van der Waals surface area contributed by atoms with E-state index in [4.69, 9.17) is 16.3 Å². The molecule has 0 aliphatic carbocycles. The minimum absolute atomic E-state index is 0.280. The monoisotopic (exact) mass is 385 g/mol.